The number of hydrogen-bond donors (Lipinski definition) is 1. The molecule has 4 bridgehead atoms. The van der Waals surface area contributed by atoms with Crippen LogP contribution in [0.2, 0.25) is 0 Å². The second kappa shape index (κ2) is 4.94. The van der Waals surface area contributed by atoms with E-state index in [-0.39, 0.29) is 0 Å². The van der Waals surface area contributed by atoms with Crippen molar-refractivity contribution < 1.29 is 4.74 Å². The third-order valence-electron chi connectivity index (χ3n) is 5.95. The molecule has 0 amide bonds. The minimum absolute atomic E-state index is 0.868. The molecule has 1 heterocycles. The van der Waals surface area contributed by atoms with Crippen LogP contribution in [0.25, 0.3) is 0 Å². The van der Waals surface area contributed by atoms with Gasteiger partial charge in [0.15, 0.2) is 0 Å². The standard InChI is InChI=1S/C17H24N2O/c1-20-17-2-3-18-10-16(17)19-9-15-13-5-11-4-12(7-13)8-14(15)6-11/h2-3,10-15,19H,4-9H2,1H3. The summed E-state index contributed by atoms with van der Waals surface area (Å²) in [6, 6.07) is 1.93. The smallest absolute Gasteiger partial charge is 0.145 e. The van der Waals surface area contributed by atoms with Crippen LogP contribution < -0.4 is 10.1 Å². The maximum absolute atomic E-state index is 5.40. The lowest BCUT2D eigenvalue weighted by molar-refractivity contribution is -0.0305. The van der Waals surface area contributed by atoms with Gasteiger partial charge in [0, 0.05) is 18.8 Å². The molecule has 4 saturated carbocycles. The van der Waals surface area contributed by atoms with Crippen molar-refractivity contribution in [3.05, 3.63) is 18.5 Å². The van der Waals surface area contributed by atoms with Crippen molar-refractivity contribution in [2.24, 2.45) is 29.6 Å². The number of hydrogen-bond acceptors (Lipinski definition) is 3. The van der Waals surface area contributed by atoms with E-state index in [1.807, 2.05) is 12.3 Å². The Morgan fingerprint density at radius 2 is 1.85 bits per heavy atom. The van der Waals surface area contributed by atoms with Crippen molar-refractivity contribution in [1.82, 2.24) is 4.98 Å². The van der Waals surface area contributed by atoms with Crippen LogP contribution in [-0.4, -0.2) is 18.6 Å². The van der Waals surface area contributed by atoms with Gasteiger partial charge in [-0.15, -0.1) is 0 Å². The van der Waals surface area contributed by atoms with Gasteiger partial charge in [0.25, 0.3) is 0 Å². The highest BCUT2D eigenvalue weighted by Crippen LogP contribution is 2.56. The number of pyridine rings is 1. The summed E-state index contributed by atoms with van der Waals surface area (Å²) < 4.78 is 5.40. The van der Waals surface area contributed by atoms with Gasteiger partial charge in [-0.1, -0.05) is 0 Å². The first-order chi connectivity index (χ1) is 9.83. The van der Waals surface area contributed by atoms with Gasteiger partial charge in [-0.05, 0) is 61.7 Å². The molecule has 0 unspecified atom stereocenters. The van der Waals surface area contributed by atoms with Crippen molar-refractivity contribution in [3.8, 4) is 5.75 Å². The van der Waals surface area contributed by atoms with E-state index >= 15 is 0 Å². The van der Waals surface area contributed by atoms with Crippen molar-refractivity contribution in [2.45, 2.75) is 32.1 Å². The first-order valence-electron chi connectivity index (χ1n) is 8.05. The van der Waals surface area contributed by atoms with E-state index in [9.17, 15) is 0 Å². The Morgan fingerprint density at radius 3 is 2.50 bits per heavy atom. The zero-order valence-corrected chi connectivity index (χ0v) is 12.2. The van der Waals surface area contributed by atoms with E-state index in [1.165, 1.54) is 32.1 Å². The molecule has 0 saturated heterocycles. The summed E-state index contributed by atoms with van der Waals surface area (Å²) in [5.74, 6) is 5.84. The molecule has 108 valence electrons. The molecule has 4 fully saturated rings. The SMILES string of the molecule is COc1ccncc1NCC1C2CC3CC(C2)CC1C3. The van der Waals surface area contributed by atoms with Crippen molar-refractivity contribution in [1.29, 1.82) is 0 Å². The van der Waals surface area contributed by atoms with Crippen LogP contribution >= 0.6 is 0 Å². The van der Waals surface area contributed by atoms with Crippen LogP contribution in [0, 0.1) is 29.6 Å². The minimum atomic E-state index is 0.868. The Balaban J connectivity index is 1.45. The summed E-state index contributed by atoms with van der Waals surface area (Å²) in [7, 11) is 1.73. The normalized spacial score (nSPS) is 38.0. The van der Waals surface area contributed by atoms with Crippen LogP contribution in [0.15, 0.2) is 18.5 Å². The summed E-state index contributed by atoms with van der Waals surface area (Å²) in [6.07, 6.45) is 11.2. The molecule has 3 nitrogen and oxygen atoms in total. The van der Waals surface area contributed by atoms with Crippen LogP contribution in [0.5, 0.6) is 5.75 Å². The number of aromatic nitrogens is 1. The molecular formula is C17H24N2O. The minimum Gasteiger partial charge on any atom is -0.494 e. The summed E-state index contributed by atoms with van der Waals surface area (Å²) in [4.78, 5) is 4.21. The van der Waals surface area contributed by atoms with E-state index in [4.69, 9.17) is 4.74 Å². The fraction of sp³-hybridized carbons (Fsp3) is 0.706. The molecule has 0 radical (unpaired) electrons. The Bertz CT molecular complexity index is 460. The van der Waals surface area contributed by atoms with Gasteiger partial charge >= 0.3 is 0 Å². The first-order valence-corrected chi connectivity index (χ1v) is 8.05. The molecular weight excluding hydrogens is 248 g/mol. The van der Waals surface area contributed by atoms with Gasteiger partial charge in [-0.25, -0.2) is 0 Å². The van der Waals surface area contributed by atoms with Gasteiger partial charge in [0.2, 0.25) is 0 Å². The lowest BCUT2D eigenvalue weighted by Crippen LogP contribution is -2.47. The molecule has 0 aromatic carbocycles. The number of anilines is 1. The number of methoxy groups -OCH3 is 1. The molecule has 1 aromatic rings. The van der Waals surface area contributed by atoms with E-state index in [1.54, 1.807) is 13.3 Å². The fourth-order valence-electron chi connectivity index (χ4n) is 5.29. The molecule has 3 heteroatoms. The van der Waals surface area contributed by atoms with Gasteiger partial charge in [-0.2, -0.15) is 0 Å². The van der Waals surface area contributed by atoms with Gasteiger partial charge < -0.3 is 10.1 Å². The predicted molar refractivity (Wildman–Crippen MR) is 79.8 cm³/mol. The van der Waals surface area contributed by atoms with E-state index < -0.39 is 0 Å². The van der Waals surface area contributed by atoms with E-state index in [0.29, 0.717) is 0 Å². The molecule has 20 heavy (non-hydrogen) atoms. The molecule has 4 aliphatic rings. The monoisotopic (exact) mass is 272 g/mol. The molecule has 1 N–H and O–H groups in total. The van der Waals surface area contributed by atoms with Gasteiger partial charge in [0.05, 0.1) is 19.0 Å². The maximum atomic E-state index is 5.40. The zero-order valence-electron chi connectivity index (χ0n) is 12.2. The number of nitrogens with one attached hydrogen (secondary N) is 1. The number of nitrogens with zero attached hydrogens (tertiary/aromatic N) is 1. The lowest BCUT2D eigenvalue weighted by atomic mass is 9.52. The van der Waals surface area contributed by atoms with Crippen molar-refractivity contribution >= 4 is 5.69 Å². The Labute approximate surface area is 121 Å². The van der Waals surface area contributed by atoms with Crippen LogP contribution in [0.4, 0.5) is 5.69 Å². The fourth-order valence-corrected chi connectivity index (χ4v) is 5.29. The topological polar surface area (TPSA) is 34.1 Å². The summed E-state index contributed by atoms with van der Waals surface area (Å²) in [5, 5.41) is 3.60. The van der Waals surface area contributed by atoms with Crippen molar-refractivity contribution in [2.75, 3.05) is 19.0 Å². The largest absolute Gasteiger partial charge is 0.494 e. The quantitative estimate of drug-likeness (QED) is 0.909. The van der Waals surface area contributed by atoms with Crippen molar-refractivity contribution in [3.63, 3.8) is 0 Å². The second-order valence-corrected chi connectivity index (χ2v) is 7.05. The molecule has 1 aromatic heterocycles. The highest BCUT2D eigenvalue weighted by molar-refractivity contribution is 5.54. The zero-order chi connectivity index (χ0) is 13.5. The molecule has 5 rings (SSSR count). The van der Waals surface area contributed by atoms with Crippen LogP contribution in [-0.2, 0) is 0 Å². The summed E-state index contributed by atoms with van der Waals surface area (Å²) in [5.41, 5.74) is 1.05. The third kappa shape index (κ3) is 2.07. The lowest BCUT2D eigenvalue weighted by Gasteiger charge is -2.54. The number of rotatable bonds is 4. The predicted octanol–water partition coefficient (Wildman–Crippen LogP) is 3.57. The van der Waals surface area contributed by atoms with E-state index in [2.05, 4.69) is 10.3 Å². The Morgan fingerprint density at radius 1 is 1.15 bits per heavy atom. The molecule has 4 aliphatic carbocycles. The highest BCUT2D eigenvalue weighted by Gasteiger charge is 2.47. The van der Waals surface area contributed by atoms with Crippen LogP contribution in [0.3, 0.4) is 0 Å². The van der Waals surface area contributed by atoms with Gasteiger partial charge in [-0.3, -0.25) is 4.98 Å². The molecule has 0 atom stereocenters. The molecule has 0 spiro atoms. The van der Waals surface area contributed by atoms with Gasteiger partial charge in [0.1, 0.15) is 5.75 Å². The third-order valence-corrected chi connectivity index (χ3v) is 5.95. The first kappa shape index (κ1) is 12.5. The second-order valence-electron chi connectivity index (χ2n) is 7.05. The van der Waals surface area contributed by atoms with E-state index in [0.717, 1.165) is 47.6 Å². The summed E-state index contributed by atoms with van der Waals surface area (Å²) >= 11 is 0. The Hall–Kier alpha value is -1.25. The maximum Gasteiger partial charge on any atom is 0.145 e. The van der Waals surface area contributed by atoms with Crippen LogP contribution in [0.1, 0.15) is 32.1 Å². The number of ether oxygens (including phenoxy) is 1. The Kier molecular flexibility index (Phi) is 3.08. The average Bonchev–Trinajstić information content (AvgIpc) is 2.46. The highest BCUT2D eigenvalue weighted by atomic mass is 16.5. The molecule has 0 aliphatic heterocycles. The average molecular weight is 272 g/mol. The summed E-state index contributed by atoms with van der Waals surface area (Å²) in [6.45, 7) is 1.09.